The minimum absolute atomic E-state index is 0.00143. The van der Waals surface area contributed by atoms with Gasteiger partial charge in [-0.15, -0.1) is 0 Å². The van der Waals surface area contributed by atoms with Gasteiger partial charge in [-0.2, -0.15) is 0 Å². The molecule has 0 saturated carbocycles. The Balaban J connectivity index is 1.39. The summed E-state index contributed by atoms with van der Waals surface area (Å²) in [5.41, 5.74) is 0.812. The fraction of sp³-hybridized carbons (Fsp3) is 0.200. The smallest absolute Gasteiger partial charge is 0.338 e. The quantitative estimate of drug-likeness (QED) is 0.280. The lowest BCUT2D eigenvalue weighted by Crippen LogP contribution is -2.36. The van der Waals surface area contributed by atoms with Crippen molar-refractivity contribution in [3.05, 3.63) is 88.5 Å². The lowest BCUT2D eigenvalue weighted by atomic mass is 10.1. The zero-order valence-electron chi connectivity index (χ0n) is 18.7. The molecule has 1 aliphatic heterocycles. The van der Waals surface area contributed by atoms with Crippen molar-refractivity contribution in [1.82, 2.24) is 0 Å². The fourth-order valence-corrected chi connectivity index (χ4v) is 4.47. The summed E-state index contributed by atoms with van der Waals surface area (Å²) >= 11 is 1.50. The Hall–Kier alpha value is -3.89. The number of morpholine rings is 1. The monoisotopic (exact) mass is 493 g/mol. The van der Waals surface area contributed by atoms with Crippen LogP contribution in [0.3, 0.4) is 0 Å². The maximum absolute atomic E-state index is 12.5. The van der Waals surface area contributed by atoms with Crippen LogP contribution >= 0.6 is 11.8 Å². The Bertz CT molecular complexity index is 1210. The van der Waals surface area contributed by atoms with Gasteiger partial charge in [-0.25, -0.2) is 4.79 Å². The van der Waals surface area contributed by atoms with Crippen LogP contribution in [0.4, 0.5) is 17.1 Å². The van der Waals surface area contributed by atoms with Gasteiger partial charge < -0.3 is 19.7 Å². The number of carbonyl (C=O) groups is 2. The minimum Gasteiger partial charge on any atom is -0.452 e. The van der Waals surface area contributed by atoms with E-state index in [2.05, 4.69) is 5.32 Å². The first kappa shape index (κ1) is 24.2. The van der Waals surface area contributed by atoms with E-state index in [9.17, 15) is 19.7 Å². The van der Waals surface area contributed by atoms with Crippen molar-refractivity contribution in [2.24, 2.45) is 0 Å². The van der Waals surface area contributed by atoms with Crippen molar-refractivity contribution in [3.8, 4) is 0 Å². The number of benzene rings is 3. The molecular weight excluding hydrogens is 470 g/mol. The van der Waals surface area contributed by atoms with Crippen LogP contribution in [-0.4, -0.2) is 49.7 Å². The first-order chi connectivity index (χ1) is 17.0. The van der Waals surface area contributed by atoms with Gasteiger partial charge in [-0.05, 0) is 36.4 Å². The van der Waals surface area contributed by atoms with Crippen molar-refractivity contribution in [2.45, 2.75) is 9.79 Å². The average molecular weight is 494 g/mol. The molecule has 35 heavy (non-hydrogen) atoms. The van der Waals surface area contributed by atoms with Crippen molar-refractivity contribution in [1.29, 1.82) is 0 Å². The number of hydrogen-bond donors (Lipinski definition) is 1. The molecule has 1 N–H and O–H groups in total. The molecular formula is C25H23N3O6S. The summed E-state index contributed by atoms with van der Waals surface area (Å²) in [4.78, 5) is 39.7. The molecule has 0 aliphatic carbocycles. The molecule has 1 aliphatic rings. The van der Waals surface area contributed by atoms with E-state index in [0.29, 0.717) is 37.7 Å². The Morgan fingerprint density at radius 1 is 1.03 bits per heavy atom. The second-order valence-corrected chi connectivity index (χ2v) is 8.71. The Labute approximate surface area is 206 Å². The highest BCUT2D eigenvalue weighted by Crippen LogP contribution is 2.33. The van der Waals surface area contributed by atoms with Gasteiger partial charge in [0.2, 0.25) is 0 Å². The highest BCUT2D eigenvalue weighted by atomic mass is 32.2. The lowest BCUT2D eigenvalue weighted by molar-refractivity contribution is -0.384. The summed E-state index contributed by atoms with van der Waals surface area (Å²) in [6.07, 6.45) is 0. The first-order valence-corrected chi connectivity index (χ1v) is 11.7. The SMILES string of the molecule is O=C(COC(=O)c1ccc(N2CCOCC2)c([N+](=O)[O-])c1)Nc1ccccc1Sc1ccccc1. The van der Waals surface area contributed by atoms with Gasteiger partial charge in [-0.1, -0.05) is 42.1 Å². The molecule has 0 aromatic heterocycles. The van der Waals surface area contributed by atoms with Crippen molar-refractivity contribution in [3.63, 3.8) is 0 Å². The second kappa shape index (κ2) is 11.5. The van der Waals surface area contributed by atoms with Crippen LogP contribution in [0.1, 0.15) is 10.4 Å². The number of nitro benzene ring substituents is 1. The first-order valence-electron chi connectivity index (χ1n) is 10.9. The van der Waals surface area contributed by atoms with Crippen LogP contribution in [0, 0.1) is 10.1 Å². The average Bonchev–Trinajstić information content (AvgIpc) is 2.89. The molecule has 10 heteroatoms. The maximum atomic E-state index is 12.5. The number of nitrogens with zero attached hydrogens (tertiary/aromatic N) is 2. The standard InChI is InChI=1S/C25H23N3O6S/c29-24(26-20-8-4-5-9-23(20)35-19-6-2-1-3-7-19)17-34-25(30)18-10-11-21(22(16-18)28(31)32)27-12-14-33-15-13-27/h1-11,16H,12-15,17H2,(H,26,29). The van der Waals surface area contributed by atoms with E-state index < -0.39 is 23.4 Å². The highest BCUT2D eigenvalue weighted by molar-refractivity contribution is 7.99. The van der Waals surface area contributed by atoms with Crippen LogP contribution in [0.2, 0.25) is 0 Å². The van der Waals surface area contributed by atoms with Crippen LogP contribution in [0.25, 0.3) is 0 Å². The molecule has 0 atom stereocenters. The normalized spacial score (nSPS) is 13.2. The van der Waals surface area contributed by atoms with Crippen LogP contribution in [0.15, 0.2) is 82.6 Å². The van der Waals surface area contributed by atoms with Gasteiger partial charge >= 0.3 is 5.97 Å². The molecule has 1 saturated heterocycles. The number of amides is 1. The number of para-hydroxylation sites is 1. The Morgan fingerprint density at radius 2 is 1.74 bits per heavy atom. The number of rotatable bonds is 8. The van der Waals surface area contributed by atoms with Crippen LogP contribution < -0.4 is 10.2 Å². The number of carbonyl (C=O) groups excluding carboxylic acids is 2. The molecule has 1 heterocycles. The van der Waals surface area contributed by atoms with E-state index in [4.69, 9.17) is 9.47 Å². The topological polar surface area (TPSA) is 111 Å². The Morgan fingerprint density at radius 3 is 2.49 bits per heavy atom. The van der Waals surface area contributed by atoms with E-state index in [1.54, 1.807) is 12.1 Å². The van der Waals surface area contributed by atoms with Gasteiger partial charge in [0, 0.05) is 28.9 Å². The molecule has 9 nitrogen and oxygen atoms in total. The number of esters is 1. The Kier molecular flexibility index (Phi) is 7.96. The molecule has 3 aromatic carbocycles. The summed E-state index contributed by atoms with van der Waals surface area (Å²) in [7, 11) is 0. The van der Waals surface area contributed by atoms with E-state index in [-0.39, 0.29) is 11.3 Å². The van der Waals surface area contributed by atoms with E-state index in [1.807, 2.05) is 47.4 Å². The largest absolute Gasteiger partial charge is 0.452 e. The van der Waals surface area contributed by atoms with Crippen molar-refractivity contribution >= 4 is 40.7 Å². The van der Waals surface area contributed by atoms with Crippen LogP contribution in [0.5, 0.6) is 0 Å². The molecule has 4 rings (SSSR count). The number of nitro groups is 1. The van der Waals surface area contributed by atoms with E-state index in [0.717, 1.165) is 9.79 Å². The number of hydrogen-bond acceptors (Lipinski definition) is 8. The van der Waals surface area contributed by atoms with Crippen molar-refractivity contribution < 1.29 is 24.0 Å². The molecule has 0 spiro atoms. The van der Waals surface area contributed by atoms with Gasteiger partial charge in [0.05, 0.1) is 29.4 Å². The van der Waals surface area contributed by atoms with Crippen molar-refractivity contribution in [2.75, 3.05) is 43.1 Å². The van der Waals surface area contributed by atoms with Crippen LogP contribution in [-0.2, 0) is 14.3 Å². The lowest BCUT2D eigenvalue weighted by Gasteiger charge is -2.28. The zero-order valence-corrected chi connectivity index (χ0v) is 19.5. The zero-order chi connectivity index (χ0) is 24.6. The van der Waals surface area contributed by atoms with Gasteiger partial charge in [0.15, 0.2) is 6.61 Å². The summed E-state index contributed by atoms with van der Waals surface area (Å²) < 4.78 is 10.4. The molecule has 1 amide bonds. The molecule has 0 bridgehead atoms. The summed E-state index contributed by atoms with van der Waals surface area (Å²) in [6, 6.07) is 21.2. The minimum atomic E-state index is -0.816. The summed E-state index contributed by atoms with van der Waals surface area (Å²) in [6.45, 7) is 1.47. The second-order valence-electron chi connectivity index (χ2n) is 7.60. The number of ether oxygens (including phenoxy) is 2. The molecule has 0 unspecified atom stereocenters. The number of nitrogens with one attached hydrogen (secondary N) is 1. The molecule has 0 radical (unpaired) electrons. The molecule has 180 valence electrons. The molecule has 1 fully saturated rings. The predicted molar refractivity (Wildman–Crippen MR) is 132 cm³/mol. The summed E-state index contributed by atoms with van der Waals surface area (Å²) in [5.74, 6) is -1.33. The third-order valence-corrected chi connectivity index (χ3v) is 6.31. The summed E-state index contributed by atoms with van der Waals surface area (Å²) in [5, 5.41) is 14.4. The van der Waals surface area contributed by atoms with Gasteiger partial charge in [0.1, 0.15) is 5.69 Å². The fourth-order valence-electron chi connectivity index (χ4n) is 3.54. The third kappa shape index (κ3) is 6.37. The number of anilines is 2. The highest BCUT2D eigenvalue weighted by Gasteiger charge is 2.24. The molecule has 3 aromatic rings. The predicted octanol–water partition coefficient (Wildman–Crippen LogP) is 4.38. The van der Waals surface area contributed by atoms with E-state index >= 15 is 0 Å². The van der Waals surface area contributed by atoms with Gasteiger partial charge in [0.25, 0.3) is 11.6 Å². The van der Waals surface area contributed by atoms with Gasteiger partial charge in [-0.3, -0.25) is 14.9 Å². The third-order valence-electron chi connectivity index (χ3n) is 5.23. The maximum Gasteiger partial charge on any atom is 0.338 e. The van der Waals surface area contributed by atoms with E-state index in [1.165, 1.54) is 30.0 Å².